The Morgan fingerprint density at radius 2 is 1.86 bits per heavy atom. The Hall–Kier alpha value is -0.530. The quantitative estimate of drug-likeness (QED) is 0.683. The predicted molar refractivity (Wildman–Crippen MR) is 56.8 cm³/mol. The van der Waals surface area contributed by atoms with Crippen molar-refractivity contribution in [2.75, 3.05) is 0 Å². The third kappa shape index (κ3) is 1.19. The van der Waals surface area contributed by atoms with Crippen LogP contribution in [0.5, 0.6) is 0 Å². The lowest BCUT2D eigenvalue weighted by Gasteiger charge is -2.37. The summed E-state index contributed by atoms with van der Waals surface area (Å²) in [6, 6.07) is 0.355. The van der Waals surface area contributed by atoms with Gasteiger partial charge in [0.15, 0.2) is 0 Å². The van der Waals surface area contributed by atoms with E-state index in [0.29, 0.717) is 6.04 Å². The van der Waals surface area contributed by atoms with E-state index in [1.54, 1.807) is 0 Å². The number of amides is 1. The minimum absolute atomic E-state index is 0.195. The van der Waals surface area contributed by atoms with Crippen LogP contribution in [0, 0.1) is 17.3 Å². The Balaban J connectivity index is 2.23. The summed E-state index contributed by atoms with van der Waals surface area (Å²) in [6.45, 7) is 6.56. The molecule has 0 aromatic heterocycles. The molecule has 1 saturated heterocycles. The maximum Gasteiger partial charge on any atom is 0.223 e. The molecular formula is C12H21NO. The van der Waals surface area contributed by atoms with E-state index in [4.69, 9.17) is 0 Å². The van der Waals surface area contributed by atoms with Crippen LogP contribution >= 0.6 is 0 Å². The third-order valence-electron chi connectivity index (χ3n) is 4.85. The van der Waals surface area contributed by atoms with Gasteiger partial charge in [0.1, 0.15) is 0 Å². The fraction of sp³-hybridized carbons (Fsp3) is 0.917. The smallest absolute Gasteiger partial charge is 0.223 e. The van der Waals surface area contributed by atoms with E-state index in [1.165, 1.54) is 25.7 Å². The van der Waals surface area contributed by atoms with E-state index in [2.05, 4.69) is 26.1 Å². The molecule has 0 aromatic carbocycles. The zero-order valence-corrected chi connectivity index (χ0v) is 9.47. The van der Waals surface area contributed by atoms with Crippen molar-refractivity contribution in [3.8, 4) is 0 Å². The molecule has 1 aliphatic carbocycles. The molecule has 1 aliphatic heterocycles. The van der Waals surface area contributed by atoms with Gasteiger partial charge in [-0.1, -0.05) is 26.7 Å². The van der Waals surface area contributed by atoms with Gasteiger partial charge in [-0.3, -0.25) is 4.79 Å². The maximum atomic E-state index is 11.6. The predicted octanol–water partition coefficient (Wildman–Crippen LogP) is 2.34. The first kappa shape index (κ1) is 10.0. The van der Waals surface area contributed by atoms with Crippen molar-refractivity contribution in [3.63, 3.8) is 0 Å². The molecule has 1 N–H and O–H groups in total. The number of hydrogen-bond donors (Lipinski definition) is 1. The van der Waals surface area contributed by atoms with Gasteiger partial charge in [0.05, 0.1) is 0 Å². The summed E-state index contributed by atoms with van der Waals surface area (Å²) in [5, 5.41) is 3.10. The van der Waals surface area contributed by atoms with E-state index in [0.717, 1.165) is 5.92 Å². The zero-order chi connectivity index (χ0) is 10.3. The van der Waals surface area contributed by atoms with Crippen molar-refractivity contribution >= 4 is 5.91 Å². The average Bonchev–Trinajstić information content (AvgIpc) is 2.72. The highest BCUT2D eigenvalue weighted by Gasteiger charge is 2.51. The molecule has 0 bridgehead atoms. The van der Waals surface area contributed by atoms with Crippen molar-refractivity contribution in [2.24, 2.45) is 17.3 Å². The van der Waals surface area contributed by atoms with Crippen LogP contribution in [0.25, 0.3) is 0 Å². The van der Waals surface area contributed by atoms with Crippen LogP contribution in [-0.2, 0) is 4.79 Å². The SMILES string of the molecule is CC1NC(=O)C(C)C1(C)C1CCCC1. The molecule has 2 heteroatoms. The maximum absolute atomic E-state index is 11.6. The fourth-order valence-corrected chi connectivity index (χ4v) is 3.41. The van der Waals surface area contributed by atoms with E-state index in [1.807, 2.05) is 0 Å². The van der Waals surface area contributed by atoms with Crippen molar-refractivity contribution in [3.05, 3.63) is 0 Å². The second-order valence-electron chi connectivity index (χ2n) is 5.30. The number of hydrogen-bond acceptors (Lipinski definition) is 1. The zero-order valence-electron chi connectivity index (χ0n) is 9.47. The Morgan fingerprint density at radius 3 is 2.29 bits per heavy atom. The van der Waals surface area contributed by atoms with Gasteiger partial charge in [0, 0.05) is 17.4 Å². The summed E-state index contributed by atoms with van der Waals surface area (Å²) >= 11 is 0. The van der Waals surface area contributed by atoms with Gasteiger partial charge < -0.3 is 5.32 Å². The summed E-state index contributed by atoms with van der Waals surface area (Å²) in [4.78, 5) is 11.6. The van der Waals surface area contributed by atoms with Crippen molar-refractivity contribution in [1.29, 1.82) is 0 Å². The largest absolute Gasteiger partial charge is 0.353 e. The van der Waals surface area contributed by atoms with E-state index in [9.17, 15) is 4.79 Å². The third-order valence-corrected chi connectivity index (χ3v) is 4.85. The van der Waals surface area contributed by atoms with Gasteiger partial charge in [0.25, 0.3) is 0 Å². The minimum Gasteiger partial charge on any atom is -0.353 e. The van der Waals surface area contributed by atoms with Gasteiger partial charge in [0.2, 0.25) is 5.91 Å². The van der Waals surface area contributed by atoms with E-state index in [-0.39, 0.29) is 17.2 Å². The average molecular weight is 195 g/mol. The van der Waals surface area contributed by atoms with Crippen LogP contribution in [0.1, 0.15) is 46.5 Å². The van der Waals surface area contributed by atoms with Crippen LogP contribution < -0.4 is 5.32 Å². The molecule has 0 spiro atoms. The van der Waals surface area contributed by atoms with Crippen molar-refractivity contribution in [2.45, 2.75) is 52.5 Å². The summed E-state index contributed by atoms with van der Waals surface area (Å²) in [5.74, 6) is 1.21. The first-order chi connectivity index (χ1) is 6.56. The van der Waals surface area contributed by atoms with E-state index >= 15 is 0 Å². The molecule has 2 aliphatic rings. The molecule has 0 radical (unpaired) electrons. The molecular weight excluding hydrogens is 174 g/mol. The van der Waals surface area contributed by atoms with Crippen molar-refractivity contribution < 1.29 is 4.79 Å². The second-order valence-corrected chi connectivity index (χ2v) is 5.30. The number of carbonyl (C=O) groups excluding carboxylic acids is 1. The highest BCUT2D eigenvalue weighted by atomic mass is 16.2. The minimum atomic E-state index is 0.195. The molecule has 2 rings (SSSR count). The fourth-order valence-electron chi connectivity index (χ4n) is 3.41. The normalized spacial score (nSPS) is 44.4. The molecule has 80 valence electrons. The molecule has 2 nitrogen and oxygen atoms in total. The summed E-state index contributed by atoms with van der Waals surface area (Å²) in [7, 11) is 0. The Kier molecular flexibility index (Phi) is 2.32. The highest BCUT2D eigenvalue weighted by molar-refractivity contribution is 5.82. The second kappa shape index (κ2) is 3.25. The first-order valence-electron chi connectivity index (χ1n) is 5.87. The highest BCUT2D eigenvalue weighted by Crippen LogP contribution is 2.49. The topological polar surface area (TPSA) is 29.1 Å². The number of rotatable bonds is 1. The number of carbonyl (C=O) groups is 1. The lowest BCUT2D eigenvalue weighted by atomic mass is 9.66. The van der Waals surface area contributed by atoms with Gasteiger partial charge in [-0.25, -0.2) is 0 Å². The van der Waals surface area contributed by atoms with Crippen molar-refractivity contribution in [1.82, 2.24) is 5.32 Å². The van der Waals surface area contributed by atoms with Crippen LogP contribution in [0.3, 0.4) is 0 Å². The number of nitrogens with one attached hydrogen (secondary N) is 1. The lowest BCUT2D eigenvalue weighted by molar-refractivity contribution is -0.123. The lowest BCUT2D eigenvalue weighted by Crippen LogP contribution is -2.39. The van der Waals surface area contributed by atoms with Gasteiger partial charge in [-0.15, -0.1) is 0 Å². The van der Waals surface area contributed by atoms with Gasteiger partial charge in [-0.05, 0) is 25.7 Å². The molecule has 0 aromatic rings. The molecule has 2 fully saturated rings. The summed E-state index contributed by atoms with van der Waals surface area (Å²) in [5.41, 5.74) is 0.202. The molecule has 1 amide bonds. The molecule has 1 heterocycles. The Morgan fingerprint density at radius 1 is 1.29 bits per heavy atom. The van der Waals surface area contributed by atoms with Crippen LogP contribution in [-0.4, -0.2) is 11.9 Å². The van der Waals surface area contributed by atoms with Crippen LogP contribution in [0.2, 0.25) is 0 Å². The van der Waals surface area contributed by atoms with E-state index < -0.39 is 0 Å². The standard InChI is InChI=1S/C12H21NO/c1-8-11(14)13-9(2)12(8,3)10-6-4-5-7-10/h8-10H,4-7H2,1-3H3,(H,13,14). The summed E-state index contributed by atoms with van der Waals surface area (Å²) in [6.07, 6.45) is 5.35. The first-order valence-corrected chi connectivity index (χ1v) is 5.87. The molecule has 1 saturated carbocycles. The summed E-state index contributed by atoms with van der Waals surface area (Å²) < 4.78 is 0. The van der Waals surface area contributed by atoms with Gasteiger partial charge >= 0.3 is 0 Å². The Bertz CT molecular complexity index is 245. The molecule has 3 atom stereocenters. The van der Waals surface area contributed by atoms with Crippen LogP contribution in [0.4, 0.5) is 0 Å². The van der Waals surface area contributed by atoms with Gasteiger partial charge in [-0.2, -0.15) is 0 Å². The monoisotopic (exact) mass is 195 g/mol. The molecule has 14 heavy (non-hydrogen) atoms. The molecule has 3 unspecified atom stereocenters. The van der Waals surface area contributed by atoms with Crippen LogP contribution in [0.15, 0.2) is 0 Å². The Labute approximate surface area is 86.5 Å².